The minimum atomic E-state index is 0.273. The zero-order valence-electron chi connectivity index (χ0n) is 9.27. The predicted octanol–water partition coefficient (Wildman–Crippen LogP) is 0.912. The molecule has 82 valence electrons. The van der Waals surface area contributed by atoms with Crippen LogP contribution in [0.15, 0.2) is 6.20 Å². The van der Waals surface area contributed by atoms with Gasteiger partial charge in [-0.2, -0.15) is 0 Å². The van der Waals surface area contributed by atoms with Crippen molar-refractivity contribution in [1.29, 1.82) is 0 Å². The van der Waals surface area contributed by atoms with Crippen LogP contribution in [-0.4, -0.2) is 34.8 Å². The highest BCUT2D eigenvalue weighted by atomic mass is 16.3. The molecular formula is C11H17N3O. The second-order valence-corrected chi connectivity index (χ2v) is 4.18. The Hall–Kier alpha value is -1.16. The number of hydrogen-bond donors (Lipinski definition) is 1. The van der Waals surface area contributed by atoms with Crippen LogP contribution < -0.4 is 4.90 Å². The molecule has 1 N–H and O–H groups in total. The van der Waals surface area contributed by atoms with Gasteiger partial charge >= 0.3 is 0 Å². The van der Waals surface area contributed by atoms with E-state index < -0.39 is 0 Å². The number of anilines is 1. The van der Waals surface area contributed by atoms with Crippen LogP contribution in [0.5, 0.6) is 0 Å². The third kappa shape index (κ3) is 2.09. The summed E-state index contributed by atoms with van der Waals surface area (Å²) in [6.07, 6.45) is 2.87. The molecule has 1 aromatic heterocycles. The third-order valence-electron chi connectivity index (χ3n) is 3.05. The van der Waals surface area contributed by atoms with Crippen LogP contribution in [0.2, 0.25) is 0 Å². The Morgan fingerprint density at radius 1 is 1.47 bits per heavy atom. The highest BCUT2D eigenvalue weighted by molar-refractivity contribution is 5.38. The second kappa shape index (κ2) is 4.14. The van der Waals surface area contributed by atoms with Crippen molar-refractivity contribution in [2.45, 2.75) is 20.3 Å². The van der Waals surface area contributed by atoms with Gasteiger partial charge in [0.05, 0.1) is 17.6 Å². The molecule has 4 heteroatoms. The summed E-state index contributed by atoms with van der Waals surface area (Å²) < 4.78 is 0. The quantitative estimate of drug-likeness (QED) is 0.783. The lowest BCUT2D eigenvalue weighted by Crippen LogP contribution is -2.22. The van der Waals surface area contributed by atoms with Gasteiger partial charge in [0.2, 0.25) is 0 Å². The van der Waals surface area contributed by atoms with Gasteiger partial charge in [-0.15, -0.1) is 0 Å². The maximum atomic E-state index is 9.07. The zero-order chi connectivity index (χ0) is 10.8. The molecule has 0 amide bonds. The van der Waals surface area contributed by atoms with Crippen LogP contribution in [0.1, 0.15) is 17.8 Å². The fourth-order valence-corrected chi connectivity index (χ4v) is 1.87. The van der Waals surface area contributed by atoms with E-state index in [1.54, 1.807) is 0 Å². The van der Waals surface area contributed by atoms with Crippen LogP contribution in [-0.2, 0) is 0 Å². The van der Waals surface area contributed by atoms with Crippen LogP contribution in [0.25, 0.3) is 0 Å². The summed E-state index contributed by atoms with van der Waals surface area (Å²) in [5.41, 5.74) is 1.97. The zero-order valence-corrected chi connectivity index (χ0v) is 9.27. The van der Waals surface area contributed by atoms with Gasteiger partial charge in [0.25, 0.3) is 0 Å². The molecule has 1 saturated heterocycles. The molecule has 1 atom stereocenters. The Morgan fingerprint density at radius 3 is 2.87 bits per heavy atom. The summed E-state index contributed by atoms with van der Waals surface area (Å²) in [5.74, 6) is 1.34. The van der Waals surface area contributed by atoms with Crippen molar-refractivity contribution in [3.05, 3.63) is 17.6 Å². The molecule has 15 heavy (non-hydrogen) atoms. The SMILES string of the molecule is Cc1ncc(N2CCC(CO)C2)nc1C. The van der Waals surface area contributed by atoms with E-state index in [9.17, 15) is 0 Å². The summed E-state index contributed by atoms with van der Waals surface area (Å²) >= 11 is 0. The summed E-state index contributed by atoms with van der Waals surface area (Å²) in [4.78, 5) is 11.0. The van der Waals surface area contributed by atoms with E-state index in [4.69, 9.17) is 5.11 Å². The average Bonchev–Trinajstić information content (AvgIpc) is 2.70. The van der Waals surface area contributed by atoms with Crippen molar-refractivity contribution >= 4 is 5.82 Å². The Balaban J connectivity index is 2.13. The van der Waals surface area contributed by atoms with Crippen LogP contribution >= 0.6 is 0 Å². The summed E-state index contributed by atoms with van der Waals surface area (Å²) in [5, 5.41) is 9.07. The third-order valence-corrected chi connectivity index (χ3v) is 3.05. The number of nitrogens with zero attached hydrogens (tertiary/aromatic N) is 3. The number of aliphatic hydroxyl groups is 1. The minimum Gasteiger partial charge on any atom is -0.396 e. The lowest BCUT2D eigenvalue weighted by molar-refractivity contribution is 0.238. The molecule has 4 nitrogen and oxygen atoms in total. The minimum absolute atomic E-state index is 0.273. The highest BCUT2D eigenvalue weighted by Crippen LogP contribution is 2.21. The second-order valence-electron chi connectivity index (χ2n) is 4.18. The molecule has 0 saturated carbocycles. The average molecular weight is 207 g/mol. The maximum absolute atomic E-state index is 9.07. The Labute approximate surface area is 90.0 Å². The van der Waals surface area contributed by atoms with E-state index >= 15 is 0 Å². The van der Waals surface area contributed by atoms with E-state index in [1.165, 1.54) is 0 Å². The van der Waals surface area contributed by atoms with E-state index in [0.29, 0.717) is 5.92 Å². The van der Waals surface area contributed by atoms with Crippen molar-refractivity contribution in [1.82, 2.24) is 9.97 Å². The van der Waals surface area contributed by atoms with Gasteiger partial charge in [0.15, 0.2) is 0 Å². The molecule has 0 spiro atoms. The Bertz CT molecular complexity index is 354. The highest BCUT2D eigenvalue weighted by Gasteiger charge is 2.22. The first-order chi connectivity index (χ1) is 7.20. The molecule has 1 aliphatic heterocycles. The van der Waals surface area contributed by atoms with Gasteiger partial charge in [-0.25, -0.2) is 4.98 Å². The van der Waals surface area contributed by atoms with Gasteiger partial charge in [0, 0.05) is 25.6 Å². The lowest BCUT2D eigenvalue weighted by Gasteiger charge is -2.17. The summed E-state index contributed by atoms with van der Waals surface area (Å²) in [6.45, 7) is 6.09. The lowest BCUT2D eigenvalue weighted by atomic mass is 10.1. The van der Waals surface area contributed by atoms with E-state index in [-0.39, 0.29) is 6.61 Å². The maximum Gasteiger partial charge on any atom is 0.147 e. The van der Waals surface area contributed by atoms with Crippen molar-refractivity contribution in [2.75, 3.05) is 24.6 Å². The van der Waals surface area contributed by atoms with Crippen molar-refractivity contribution in [3.63, 3.8) is 0 Å². The molecule has 0 aliphatic carbocycles. The molecule has 1 fully saturated rings. The van der Waals surface area contributed by atoms with Gasteiger partial charge in [-0.1, -0.05) is 0 Å². The first kappa shape index (κ1) is 10.4. The first-order valence-corrected chi connectivity index (χ1v) is 5.36. The Kier molecular flexibility index (Phi) is 2.86. The topological polar surface area (TPSA) is 49.2 Å². The predicted molar refractivity (Wildman–Crippen MR) is 58.9 cm³/mol. The molecular weight excluding hydrogens is 190 g/mol. The number of aliphatic hydroxyl groups excluding tert-OH is 1. The molecule has 0 bridgehead atoms. The van der Waals surface area contributed by atoms with Crippen LogP contribution in [0.4, 0.5) is 5.82 Å². The van der Waals surface area contributed by atoms with E-state index in [0.717, 1.165) is 36.7 Å². The number of rotatable bonds is 2. The molecule has 2 rings (SSSR count). The fourth-order valence-electron chi connectivity index (χ4n) is 1.87. The molecule has 0 aromatic carbocycles. The Morgan fingerprint density at radius 2 is 2.27 bits per heavy atom. The summed E-state index contributed by atoms with van der Waals surface area (Å²) in [7, 11) is 0. The van der Waals surface area contributed by atoms with E-state index in [1.807, 2.05) is 20.0 Å². The van der Waals surface area contributed by atoms with Gasteiger partial charge in [-0.3, -0.25) is 4.98 Å². The molecule has 1 unspecified atom stereocenters. The van der Waals surface area contributed by atoms with Gasteiger partial charge < -0.3 is 10.0 Å². The molecule has 1 aromatic rings. The van der Waals surface area contributed by atoms with Crippen LogP contribution in [0, 0.1) is 19.8 Å². The standard InChI is InChI=1S/C11H17N3O/c1-8-9(2)13-11(5-12-8)14-4-3-10(6-14)7-15/h5,10,15H,3-4,6-7H2,1-2H3. The number of aryl methyl sites for hydroxylation is 2. The van der Waals surface area contributed by atoms with Gasteiger partial charge in [-0.05, 0) is 20.3 Å². The van der Waals surface area contributed by atoms with Crippen molar-refractivity contribution in [3.8, 4) is 0 Å². The first-order valence-electron chi connectivity index (χ1n) is 5.36. The molecule has 0 radical (unpaired) electrons. The van der Waals surface area contributed by atoms with E-state index in [2.05, 4.69) is 14.9 Å². The summed E-state index contributed by atoms with van der Waals surface area (Å²) in [6, 6.07) is 0. The van der Waals surface area contributed by atoms with Crippen molar-refractivity contribution < 1.29 is 5.11 Å². The smallest absolute Gasteiger partial charge is 0.147 e. The molecule has 2 heterocycles. The van der Waals surface area contributed by atoms with Crippen LogP contribution in [0.3, 0.4) is 0 Å². The largest absolute Gasteiger partial charge is 0.396 e. The number of aromatic nitrogens is 2. The molecule has 1 aliphatic rings. The van der Waals surface area contributed by atoms with Crippen molar-refractivity contribution in [2.24, 2.45) is 5.92 Å². The van der Waals surface area contributed by atoms with Gasteiger partial charge in [0.1, 0.15) is 5.82 Å². The fraction of sp³-hybridized carbons (Fsp3) is 0.636. The number of hydrogen-bond acceptors (Lipinski definition) is 4. The normalized spacial score (nSPS) is 21.0. The monoisotopic (exact) mass is 207 g/mol.